The highest BCUT2D eigenvalue weighted by Gasteiger charge is 2.23. The molecule has 0 radical (unpaired) electrons. The van der Waals surface area contributed by atoms with E-state index in [9.17, 15) is 13.6 Å². The van der Waals surface area contributed by atoms with Gasteiger partial charge in [0, 0.05) is 21.9 Å². The van der Waals surface area contributed by atoms with Crippen LogP contribution in [0.25, 0.3) is 44.1 Å². The van der Waals surface area contributed by atoms with Crippen molar-refractivity contribution in [1.29, 1.82) is 0 Å². The van der Waals surface area contributed by atoms with Crippen molar-refractivity contribution in [2.45, 2.75) is 19.8 Å². The molecule has 2 heterocycles. The zero-order chi connectivity index (χ0) is 24.1. The van der Waals surface area contributed by atoms with Gasteiger partial charge in [-0.3, -0.25) is 10.1 Å². The van der Waals surface area contributed by atoms with Gasteiger partial charge in [0.1, 0.15) is 17.5 Å². The van der Waals surface area contributed by atoms with Crippen LogP contribution >= 0.6 is 0 Å². The smallest absolute Gasteiger partial charge is 0.338 e. The summed E-state index contributed by atoms with van der Waals surface area (Å²) in [7, 11) is 0. The van der Waals surface area contributed by atoms with Crippen LogP contribution in [0.2, 0.25) is 0 Å². The summed E-state index contributed by atoms with van der Waals surface area (Å²) in [6, 6.07) is 11.2. The molecule has 0 unspecified atom stereocenters. The summed E-state index contributed by atoms with van der Waals surface area (Å²) in [5.74, 6) is -4.02. The van der Waals surface area contributed by atoms with Crippen LogP contribution in [0.1, 0.15) is 35.8 Å². The highest BCUT2D eigenvalue weighted by atomic mass is 19.1. The van der Waals surface area contributed by atoms with E-state index in [1.165, 1.54) is 12.1 Å². The molecule has 0 atom stereocenters. The van der Waals surface area contributed by atoms with Gasteiger partial charge in [-0.1, -0.05) is 26.0 Å². The van der Waals surface area contributed by atoms with Gasteiger partial charge in [0.25, 0.3) is 0 Å². The van der Waals surface area contributed by atoms with Gasteiger partial charge in [-0.05, 0) is 53.3 Å². The van der Waals surface area contributed by atoms with Crippen LogP contribution in [0, 0.1) is 17.5 Å². The van der Waals surface area contributed by atoms with E-state index < -0.39 is 23.2 Å². The number of hydrogen-bond donors (Lipinski definition) is 2. The average Bonchev–Trinajstić information content (AvgIpc) is 3.26. The molecule has 0 saturated heterocycles. The van der Waals surface area contributed by atoms with E-state index in [1.807, 2.05) is 19.9 Å². The first-order valence-electron chi connectivity index (χ1n) is 10.5. The predicted octanol–water partition coefficient (Wildman–Crippen LogP) is 6.68. The van der Waals surface area contributed by atoms with Crippen molar-refractivity contribution in [3.8, 4) is 22.4 Å². The van der Waals surface area contributed by atoms with Gasteiger partial charge in [-0.25, -0.2) is 18.0 Å². The van der Waals surface area contributed by atoms with Gasteiger partial charge < -0.3 is 5.11 Å². The first kappa shape index (κ1) is 21.6. The van der Waals surface area contributed by atoms with Crippen molar-refractivity contribution >= 4 is 27.6 Å². The highest BCUT2D eigenvalue weighted by molar-refractivity contribution is 6.09. The maximum atomic E-state index is 15.1. The number of nitrogens with zero attached hydrogens (tertiary/aromatic N) is 2. The van der Waals surface area contributed by atoms with Gasteiger partial charge in [0.05, 0.1) is 28.7 Å². The second-order valence-electron chi connectivity index (χ2n) is 8.35. The minimum Gasteiger partial charge on any atom is -0.478 e. The quantitative estimate of drug-likeness (QED) is 0.313. The maximum absolute atomic E-state index is 15.1. The molecule has 2 aromatic heterocycles. The standard InChI is InChI=1S/C26H18F3N3O2/c1-12(2)24-23(13-3-5-15(27)6-4-13)16-7-14-11-30-32-22(14)10-17(16)25(31-24)18-8-21(29)19(26(33)34)9-20(18)28/h3-12H,1-2H3,(H,30,32)(H,33,34). The number of halogens is 3. The molecule has 170 valence electrons. The number of benzene rings is 3. The fourth-order valence-electron chi connectivity index (χ4n) is 4.20. The SMILES string of the molecule is CC(C)c1nc(-c2cc(F)c(C(=O)O)cc2F)c2cc3[nH]ncc3cc2c1-c1ccc(F)cc1. The number of aromatic amines is 1. The molecule has 0 spiro atoms. The first-order valence-corrected chi connectivity index (χ1v) is 10.5. The van der Waals surface area contributed by atoms with Crippen molar-refractivity contribution in [2.75, 3.05) is 0 Å². The largest absolute Gasteiger partial charge is 0.478 e. The van der Waals surface area contributed by atoms with Crippen LogP contribution in [-0.4, -0.2) is 26.3 Å². The summed E-state index contributed by atoms with van der Waals surface area (Å²) >= 11 is 0. The number of hydrogen-bond acceptors (Lipinski definition) is 3. The Balaban J connectivity index is 1.93. The lowest BCUT2D eigenvalue weighted by Crippen LogP contribution is -2.05. The van der Waals surface area contributed by atoms with Gasteiger partial charge in [0.15, 0.2) is 0 Å². The summed E-state index contributed by atoms with van der Waals surface area (Å²) in [5, 5.41) is 18.1. The van der Waals surface area contributed by atoms with Crippen LogP contribution in [0.5, 0.6) is 0 Å². The molecule has 0 aliphatic rings. The Hall–Kier alpha value is -4.20. The molecular weight excluding hydrogens is 443 g/mol. The van der Waals surface area contributed by atoms with Crippen LogP contribution in [0.4, 0.5) is 13.2 Å². The van der Waals surface area contributed by atoms with Crippen LogP contribution < -0.4 is 0 Å². The third kappa shape index (κ3) is 3.48. The summed E-state index contributed by atoms with van der Waals surface area (Å²) in [5.41, 5.74) is 2.02. The Morgan fingerprint density at radius 1 is 0.971 bits per heavy atom. The fraction of sp³-hybridized carbons (Fsp3) is 0.115. The second kappa shape index (κ2) is 7.98. The van der Waals surface area contributed by atoms with Gasteiger partial charge in [0.2, 0.25) is 0 Å². The topological polar surface area (TPSA) is 78.9 Å². The average molecular weight is 461 g/mol. The first-order chi connectivity index (χ1) is 16.2. The molecule has 5 aromatic rings. The molecule has 2 N–H and O–H groups in total. The molecule has 0 fully saturated rings. The molecule has 0 amide bonds. The van der Waals surface area contributed by atoms with Crippen LogP contribution in [-0.2, 0) is 0 Å². The zero-order valence-electron chi connectivity index (χ0n) is 18.2. The molecule has 5 nitrogen and oxygen atoms in total. The number of pyridine rings is 1. The van der Waals surface area contributed by atoms with Crippen molar-refractivity contribution in [2.24, 2.45) is 0 Å². The molecular formula is C26H18F3N3O2. The molecule has 0 bridgehead atoms. The molecule has 0 aliphatic heterocycles. The number of rotatable bonds is 4. The normalized spacial score (nSPS) is 11.6. The number of aromatic carboxylic acids is 1. The maximum Gasteiger partial charge on any atom is 0.338 e. The number of H-pyrrole nitrogens is 1. The van der Waals surface area contributed by atoms with Crippen LogP contribution in [0.3, 0.4) is 0 Å². The summed E-state index contributed by atoms with van der Waals surface area (Å²) in [6.07, 6.45) is 1.65. The van der Waals surface area contributed by atoms with Gasteiger partial charge in [-0.2, -0.15) is 5.10 Å². The van der Waals surface area contributed by atoms with E-state index in [0.717, 1.165) is 22.6 Å². The van der Waals surface area contributed by atoms with Crippen molar-refractivity contribution in [1.82, 2.24) is 15.2 Å². The molecule has 0 aliphatic carbocycles. The fourth-order valence-corrected chi connectivity index (χ4v) is 4.20. The Morgan fingerprint density at radius 3 is 2.38 bits per heavy atom. The van der Waals surface area contributed by atoms with Crippen LogP contribution in [0.15, 0.2) is 54.7 Å². The molecule has 8 heteroatoms. The summed E-state index contributed by atoms with van der Waals surface area (Å²) in [6.45, 7) is 3.84. The lowest BCUT2D eigenvalue weighted by atomic mass is 9.89. The molecule has 3 aromatic carbocycles. The van der Waals surface area contributed by atoms with E-state index in [2.05, 4.69) is 10.2 Å². The Morgan fingerprint density at radius 2 is 1.71 bits per heavy atom. The number of carbonyl (C=O) groups is 1. The Labute approximate surface area is 191 Å². The lowest BCUT2D eigenvalue weighted by Gasteiger charge is -2.19. The van der Waals surface area contributed by atoms with E-state index >= 15 is 4.39 Å². The van der Waals surface area contributed by atoms with E-state index in [0.29, 0.717) is 28.0 Å². The number of nitrogens with one attached hydrogen (secondary N) is 1. The number of carboxylic acids is 1. The minimum absolute atomic E-state index is 0.116. The number of carboxylic acid groups (broad SMARTS) is 1. The molecule has 34 heavy (non-hydrogen) atoms. The summed E-state index contributed by atoms with van der Waals surface area (Å²) < 4.78 is 43.4. The van der Waals surface area contributed by atoms with Crippen molar-refractivity contribution in [3.63, 3.8) is 0 Å². The van der Waals surface area contributed by atoms with E-state index in [1.54, 1.807) is 24.4 Å². The number of aromatic nitrogens is 3. The zero-order valence-corrected chi connectivity index (χ0v) is 18.2. The van der Waals surface area contributed by atoms with E-state index in [4.69, 9.17) is 10.1 Å². The third-order valence-corrected chi connectivity index (χ3v) is 5.81. The van der Waals surface area contributed by atoms with Gasteiger partial charge in [-0.15, -0.1) is 0 Å². The van der Waals surface area contributed by atoms with Gasteiger partial charge >= 0.3 is 5.97 Å². The molecule has 5 rings (SSSR count). The number of fused-ring (bicyclic) bond motifs is 2. The monoisotopic (exact) mass is 461 g/mol. The lowest BCUT2D eigenvalue weighted by molar-refractivity contribution is 0.0691. The predicted molar refractivity (Wildman–Crippen MR) is 123 cm³/mol. The Kier molecular flexibility index (Phi) is 5.08. The Bertz CT molecular complexity index is 1590. The second-order valence-corrected chi connectivity index (χ2v) is 8.35. The van der Waals surface area contributed by atoms with E-state index in [-0.39, 0.29) is 23.0 Å². The minimum atomic E-state index is -1.56. The third-order valence-electron chi connectivity index (χ3n) is 5.81. The summed E-state index contributed by atoms with van der Waals surface area (Å²) in [4.78, 5) is 16.0. The highest BCUT2D eigenvalue weighted by Crippen LogP contribution is 2.41. The van der Waals surface area contributed by atoms with Crippen molar-refractivity contribution < 1.29 is 23.1 Å². The van der Waals surface area contributed by atoms with Crippen molar-refractivity contribution in [3.05, 3.63) is 83.4 Å². The molecule has 0 saturated carbocycles.